The van der Waals surface area contributed by atoms with Crippen molar-refractivity contribution < 1.29 is 41.0 Å². The van der Waals surface area contributed by atoms with Gasteiger partial charge in [0.05, 0.1) is 6.61 Å². The third-order valence-electron chi connectivity index (χ3n) is 5.10. The monoisotopic (exact) mass is 450 g/mol. The van der Waals surface area contributed by atoms with Crippen LogP contribution in [0.5, 0.6) is 0 Å². The Morgan fingerprint density at radius 3 is 1.23 bits per heavy atom. The maximum atomic E-state index is 12.5. The summed E-state index contributed by atoms with van der Waals surface area (Å²) < 4.78 is 79.0. The van der Waals surface area contributed by atoms with Crippen molar-refractivity contribution in [2.24, 2.45) is 0 Å². The molecule has 0 bridgehead atoms. The lowest BCUT2D eigenvalue weighted by Gasteiger charge is -2.29. The zero-order valence-corrected chi connectivity index (χ0v) is 17.8. The zero-order valence-electron chi connectivity index (χ0n) is 17.8. The van der Waals surface area contributed by atoms with Crippen LogP contribution >= 0.6 is 0 Å². The highest BCUT2D eigenvalue weighted by atomic mass is 19.4. The van der Waals surface area contributed by atoms with E-state index in [9.17, 15) is 31.1 Å². The summed E-state index contributed by atoms with van der Waals surface area (Å²) in [6, 6.07) is 0. The van der Waals surface area contributed by atoms with Crippen molar-refractivity contribution in [3.8, 4) is 0 Å². The molecule has 0 aromatic carbocycles. The summed E-state index contributed by atoms with van der Waals surface area (Å²) in [5.74, 6) is -2.73. The highest BCUT2D eigenvalue weighted by Gasteiger charge is 2.76. The van der Waals surface area contributed by atoms with Crippen LogP contribution in [0.4, 0.5) is 26.3 Å². The van der Waals surface area contributed by atoms with Crippen LogP contribution in [0.1, 0.15) is 103 Å². The maximum absolute atomic E-state index is 12.5. The first-order valence-corrected chi connectivity index (χ1v) is 11.0. The molecular weight excluding hydrogens is 414 g/mol. The van der Waals surface area contributed by atoms with E-state index in [-0.39, 0.29) is 6.42 Å². The molecule has 0 spiro atoms. The van der Waals surface area contributed by atoms with E-state index < -0.39 is 30.5 Å². The molecule has 0 aromatic rings. The molecule has 180 valence electrons. The van der Waals surface area contributed by atoms with E-state index in [1.807, 2.05) is 0 Å². The lowest BCUT2D eigenvalue weighted by molar-refractivity contribution is -0.356. The largest absolute Gasteiger partial charge is 0.463 e. The second-order valence-corrected chi connectivity index (χ2v) is 7.79. The lowest BCUT2D eigenvalue weighted by Crippen LogP contribution is -2.63. The van der Waals surface area contributed by atoms with Gasteiger partial charge in [-0.15, -0.1) is 0 Å². The summed E-state index contributed by atoms with van der Waals surface area (Å²) in [5.41, 5.74) is -5.49. The third kappa shape index (κ3) is 10.9. The molecule has 0 saturated heterocycles. The zero-order chi connectivity index (χ0) is 23.1. The van der Waals surface area contributed by atoms with Crippen LogP contribution in [-0.4, -0.2) is 35.6 Å². The Morgan fingerprint density at radius 2 is 0.933 bits per heavy atom. The second-order valence-electron chi connectivity index (χ2n) is 7.79. The number of halogens is 6. The molecule has 0 aliphatic rings. The average molecular weight is 451 g/mol. The Hall–Kier alpha value is -0.990. The van der Waals surface area contributed by atoms with Crippen LogP contribution < -0.4 is 0 Å². The number of aliphatic hydroxyl groups is 1. The summed E-state index contributed by atoms with van der Waals surface area (Å²) in [5, 5.41) is 8.85. The molecule has 0 rings (SSSR count). The number of alkyl halides is 6. The van der Waals surface area contributed by atoms with Crippen molar-refractivity contribution in [2.75, 3.05) is 6.61 Å². The van der Waals surface area contributed by atoms with Gasteiger partial charge < -0.3 is 9.84 Å². The van der Waals surface area contributed by atoms with E-state index in [1.165, 1.54) is 57.8 Å². The molecule has 1 N–H and O–H groups in total. The minimum Gasteiger partial charge on any atom is -0.463 e. The normalized spacial score (nSPS) is 12.9. The van der Waals surface area contributed by atoms with E-state index in [1.54, 1.807) is 0 Å². The fourth-order valence-electron chi connectivity index (χ4n) is 3.13. The molecule has 0 unspecified atom stereocenters. The van der Waals surface area contributed by atoms with Crippen molar-refractivity contribution in [3.63, 3.8) is 0 Å². The summed E-state index contributed by atoms with van der Waals surface area (Å²) >= 11 is 0. The summed E-state index contributed by atoms with van der Waals surface area (Å²) in [7, 11) is 0. The number of rotatable bonds is 17. The third-order valence-corrected chi connectivity index (χ3v) is 5.10. The van der Waals surface area contributed by atoms with E-state index in [0.29, 0.717) is 6.42 Å². The molecule has 3 nitrogen and oxygen atoms in total. The molecule has 0 atom stereocenters. The Kier molecular flexibility index (Phi) is 14.4. The number of unbranched alkanes of at least 4 members (excludes halogenated alkanes) is 14. The molecule has 0 aliphatic carbocycles. The fourth-order valence-corrected chi connectivity index (χ4v) is 3.13. The summed E-state index contributed by atoms with van der Waals surface area (Å²) in [4.78, 5) is 11.2. The van der Waals surface area contributed by atoms with Gasteiger partial charge in [-0.3, -0.25) is 0 Å². The first kappa shape index (κ1) is 29.0. The molecule has 0 amide bonds. The predicted octanol–water partition coefficient (Wildman–Crippen LogP) is 7.26. The van der Waals surface area contributed by atoms with Gasteiger partial charge in [-0.2, -0.15) is 26.3 Å². The summed E-state index contributed by atoms with van der Waals surface area (Å²) in [6.45, 7) is 1.61. The van der Waals surface area contributed by atoms with E-state index >= 15 is 0 Å². The first-order valence-electron chi connectivity index (χ1n) is 11.0. The van der Waals surface area contributed by atoms with Gasteiger partial charge in [0.1, 0.15) is 0 Å². The van der Waals surface area contributed by atoms with E-state index in [0.717, 1.165) is 25.7 Å². The minimum absolute atomic E-state index is 0.148. The van der Waals surface area contributed by atoms with Crippen LogP contribution in [0.2, 0.25) is 0 Å². The molecule has 30 heavy (non-hydrogen) atoms. The van der Waals surface area contributed by atoms with Gasteiger partial charge >= 0.3 is 23.9 Å². The number of hydrogen-bond donors (Lipinski definition) is 1. The fraction of sp³-hybridized carbons (Fsp3) is 0.952. The number of ether oxygens (including phenoxy) is 1. The van der Waals surface area contributed by atoms with Crippen molar-refractivity contribution >= 4 is 5.97 Å². The molecule has 0 saturated carbocycles. The number of hydrogen-bond acceptors (Lipinski definition) is 3. The van der Waals surface area contributed by atoms with Crippen molar-refractivity contribution in [1.29, 1.82) is 0 Å². The van der Waals surface area contributed by atoms with Crippen LogP contribution in [0.15, 0.2) is 0 Å². The predicted molar refractivity (Wildman–Crippen MR) is 103 cm³/mol. The maximum Gasteiger partial charge on any atom is 0.437 e. The van der Waals surface area contributed by atoms with Gasteiger partial charge in [-0.05, 0) is 6.42 Å². The van der Waals surface area contributed by atoms with Crippen molar-refractivity contribution in [1.82, 2.24) is 0 Å². The Labute approximate surface area is 175 Å². The number of esters is 1. The Balaban J connectivity index is 3.69. The molecule has 0 aromatic heterocycles. The first-order chi connectivity index (χ1) is 14.0. The van der Waals surface area contributed by atoms with E-state index in [4.69, 9.17) is 5.11 Å². The molecule has 0 aliphatic heterocycles. The van der Waals surface area contributed by atoms with Crippen molar-refractivity contribution in [3.05, 3.63) is 0 Å². The minimum atomic E-state index is -6.20. The SMILES string of the molecule is CCCCCCCCCCCCCCCCCOC(=O)C(O)(C(F)(F)F)C(F)(F)F. The number of carbonyl (C=O) groups is 1. The standard InChI is InChI=1S/C21H36F6O3/c1-2-3-4-5-6-7-8-9-10-11-12-13-14-15-16-17-30-18(28)19(29,20(22,23)24)21(25,26)27/h29H,2-17H2,1H3. The van der Waals surface area contributed by atoms with Gasteiger partial charge in [0, 0.05) is 0 Å². The average Bonchev–Trinajstić information content (AvgIpc) is 2.65. The van der Waals surface area contributed by atoms with Gasteiger partial charge in [-0.25, -0.2) is 4.79 Å². The number of carbonyl (C=O) groups excluding carboxylic acids is 1. The topological polar surface area (TPSA) is 46.5 Å². The molecule has 0 radical (unpaired) electrons. The highest BCUT2D eigenvalue weighted by Crippen LogP contribution is 2.43. The molecular formula is C21H36F6O3. The van der Waals surface area contributed by atoms with Crippen LogP contribution in [0.3, 0.4) is 0 Å². The van der Waals surface area contributed by atoms with Crippen molar-refractivity contribution in [2.45, 2.75) is 121 Å². The second kappa shape index (κ2) is 14.9. The molecule has 0 heterocycles. The smallest absolute Gasteiger partial charge is 0.437 e. The highest BCUT2D eigenvalue weighted by molar-refractivity contribution is 5.81. The quantitative estimate of drug-likeness (QED) is 0.144. The van der Waals surface area contributed by atoms with Gasteiger partial charge in [-0.1, -0.05) is 96.8 Å². The Bertz CT molecular complexity index is 435. The van der Waals surface area contributed by atoms with E-state index in [2.05, 4.69) is 11.7 Å². The molecule has 0 fully saturated rings. The lowest BCUT2D eigenvalue weighted by atomic mass is 10.0. The van der Waals surface area contributed by atoms with Gasteiger partial charge in [0.15, 0.2) is 0 Å². The van der Waals surface area contributed by atoms with Crippen LogP contribution in [-0.2, 0) is 9.53 Å². The van der Waals surface area contributed by atoms with Gasteiger partial charge in [0.2, 0.25) is 0 Å². The van der Waals surface area contributed by atoms with Crippen LogP contribution in [0, 0.1) is 0 Å². The Morgan fingerprint density at radius 1 is 0.633 bits per heavy atom. The van der Waals surface area contributed by atoms with Crippen LogP contribution in [0.25, 0.3) is 0 Å². The molecule has 9 heteroatoms. The van der Waals surface area contributed by atoms with Gasteiger partial charge in [0.25, 0.3) is 0 Å². The summed E-state index contributed by atoms with van der Waals surface area (Å²) in [6.07, 6.45) is 3.50.